The van der Waals surface area contributed by atoms with Gasteiger partial charge in [-0.2, -0.15) is 5.10 Å². The van der Waals surface area contributed by atoms with Crippen LogP contribution in [0.4, 0.5) is 0 Å². The Bertz CT molecular complexity index is 324. The molecular weight excluding hydrogens is 204 g/mol. The Hall–Kier alpha value is -0.910. The average molecular weight is 226 g/mol. The number of hydrazine groups is 1. The highest BCUT2D eigenvalue weighted by molar-refractivity contribution is 5.20. The van der Waals surface area contributed by atoms with Gasteiger partial charge in [0.1, 0.15) is 0 Å². The Kier molecular flexibility index (Phi) is 4.92. The quantitative estimate of drug-likeness (QED) is 0.559. The molecule has 16 heavy (non-hydrogen) atoms. The molecule has 1 aromatic heterocycles. The van der Waals surface area contributed by atoms with Crippen molar-refractivity contribution in [1.29, 1.82) is 0 Å². The first-order valence-electron chi connectivity index (χ1n) is 5.55. The van der Waals surface area contributed by atoms with Gasteiger partial charge in [0, 0.05) is 32.0 Å². The summed E-state index contributed by atoms with van der Waals surface area (Å²) in [6.45, 7) is 4.96. The minimum absolute atomic E-state index is 0.129. The van der Waals surface area contributed by atoms with Crippen molar-refractivity contribution in [3.05, 3.63) is 17.5 Å². The fourth-order valence-electron chi connectivity index (χ4n) is 1.85. The molecule has 0 aliphatic carbocycles. The number of nitrogens with zero attached hydrogens (tertiary/aromatic N) is 2. The lowest BCUT2D eigenvalue weighted by atomic mass is 9.93. The van der Waals surface area contributed by atoms with E-state index in [1.807, 2.05) is 17.9 Å². The molecule has 1 aromatic rings. The first-order valence-corrected chi connectivity index (χ1v) is 5.55. The van der Waals surface area contributed by atoms with Crippen LogP contribution in [-0.4, -0.2) is 23.5 Å². The molecule has 0 aliphatic heterocycles. The van der Waals surface area contributed by atoms with Crippen molar-refractivity contribution in [2.45, 2.75) is 26.3 Å². The van der Waals surface area contributed by atoms with E-state index in [1.54, 1.807) is 7.11 Å². The molecule has 92 valence electrons. The van der Waals surface area contributed by atoms with Crippen LogP contribution in [0.2, 0.25) is 0 Å². The molecule has 0 radical (unpaired) electrons. The lowest BCUT2D eigenvalue weighted by Crippen LogP contribution is -2.33. The summed E-state index contributed by atoms with van der Waals surface area (Å²) in [5, 5.41) is 4.24. The second kappa shape index (κ2) is 5.98. The van der Waals surface area contributed by atoms with Crippen molar-refractivity contribution in [1.82, 2.24) is 15.2 Å². The largest absolute Gasteiger partial charge is 0.385 e. The van der Waals surface area contributed by atoms with Crippen LogP contribution in [0.15, 0.2) is 6.20 Å². The van der Waals surface area contributed by atoms with Crippen LogP contribution in [0.5, 0.6) is 0 Å². The fourth-order valence-corrected chi connectivity index (χ4v) is 1.85. The number of nitrogens with one attached hydrogen (secondary N) is 1. The minimum Gasteiger partial charge on any atom is -0.385 e. The number of methoxy groups -OCH3 is 1. The van der Waals surface area contributed by atoms with Crippen LogP contribution in [-0.2, 0) is 11.8 Å². The van der Waals surface area contributed by atoms with Crippen LogP contribution < -0.4 is 11.3 Å². The third-order valence-electron chi connectivity index (χ3n) is 3.13. The Labute approximate surface area is 96.9 Å². The number of hydrogen-bond donors (Lipinski definition) is 2. The highest BCUT2D eigenvalue weighted by Gasteiger charge is 2.21. The highest BCUT2D eigenvalue weighted by atomic mass is 16.5. The molecule has 3 N–H and O–H groups in total. The lowest BCUT2D eigenvalue weighted by molar-refractivity contribution is 0.170. The fraction of sp³-hybridized carbons (Fsp3) is 0.727. The number of ether oxygens (including phenoxy) is 1. The molecule has 0 aromatic carbocycles. The molecule has 0 aliphatic rings. The zero-order valence-corrected chi connectivity index (χ0v) is 10.5. The summed E-state index contributed by atoms with van der Waals surface area (Å²) in [4.78, 5) is 0. The maximum atomic E-state index is 5.63. The zero-order chi connectivity index (χ0) is 12.1. The van der Waals surface area contributed by atoms with Gasteiger partial charge in [-0.05, 0) is 19.3 Å². The van der Waals surface area contributed by atoms with Crippen molar-refractivity contribution in [3.8, 4) is 0 Å². The summed E-state index contributed by atoms with van der Waals surface area (Å²) in [7, 11) is 3.65. The first-order chi connectivity index (χ1) is 7.61. The van der Waals surface area contributed by atoms with E-state index in [0.29, 0.717) is 5.92 Å². The molecule has 2 atom stereocenters. The normalized spacial score (nSPS) is 15.1. The molecular formula is C11H22N4O. The van der Waals surface area contributed by atoms with Crippen molar-refractivity contribution in [2.75, 3.05) is 13.7 Å². The lowest BCUT2D eigenvalue weighted by Gasteiger charge is -2.22. The third-order valence-corrected chi connectivity index (χ3v) is 3.13. The summed E-state index contributed by atoms with van der Waals surface area (Å²) in [6.07, 6.45) is 2.85. The average Bonchev–Trinajstić information content (AvgIpc) is 2.59. The van der Waals surface area contributed by atoms with Crippen LogP contribution >= 0.6 is 0 Å². The van der Waals surface area contributed by atoms with E-state index in [2.05, 4.69) is 24.4 Å². The standard InChI is InChI=1S/C11H22N4O/c1-8(5-6-16-4)11(14-12)10-7-13-15(3)9(10)2/h7-8,11,14H,5-6,12H2,1-4H3. The van der Waals surface area contributed by atoms with Gasteiger partial charge in [0.15, 0.2) is 0 Å². The molecule has 1 heterocycles. The van der Waals surface area contributed by atoms with Crippen LogP contribution in [0.25, 0.3) is 0 Å². The van der Waals surface area contributed by atoms with Gasteiger partial charge in [0.25, 0.3) is 0 Å². The molecule has 0 amide bonds. The summed E-state index contributed by atoms with van der Waals surface area (Å²) in [5.41, 5.74) is 5.18. The topological polar surface area (TPSA) is 65.1 Å². The van der Waals surface area contributed by atoms with Gasteiger partial charge in [-0.1, -0.05) is 6.92 Å². The Morgan fingerprint density at radius 1 is 1.62 bits per heavy atom. The predicted molar refractivity (Wildman–Crippen MR) is 63.7 cm³/mol. The van der Waals surface area contributed by atoms with E-state index in [0.717, 1.165) is 24.3 Å². The summed E-state index contributed by atoms with van der Waals surface area (Å²) < 4.78 is 6.95. The van der Waals surface area contributed by atoms with Crippen molar-refractivity contribution in [2.24, 2.45) is 18.8 Å². The maximum absolute atomic E-state index is 5.63. The molecule has 5 heteroatoms. The van der Waals surface area contributed by atoms with Crippen molar-refractivity contribution < 1.29 is 4.74 Å². The van der Waals surface area contributed by atoms with Crippen molar-refractivity contribution in [3.63, 3.8) is 0 Å². The molecule has 1 rings (SSSR count). The molecule has 2 unspecified atom stereocenters. The molecule has 0 bridgehead atoms. The van der Waals surface area contributed by atoms with Crippen LogP contribution in [0.1, 0.15) is 30.6 Å². The van der Waals surface area contributed by atoms with Gasteiger partial charge >= 0.3 is 0 Å². The van der Waals surface area contributed by atoms with Crippen LogP contribution in [0, 0.1) is 12.8 Å². The second-order valence-electron chi connectivity index (χ2n) is 4.21. The predicted octanol–water partition coefficient (Wildman–Crippen LogP) is 0.906. The number of rotatable bonds is 6. The zero-order valence-electron chi connectivity index (χ0n) is 10.5. The number of aryl methyl sites for hydroxylation is 1. The van der Waals surface area contributed by atoms with Gasteiger partial charge in [-0.15, -0.1) is 0 Å². The van der Waals surface area contributed by atoms with E-state index in [1.165, 1.54) is 0 Å². The molecule has 0 fully saturated rings. The van der Waals surface area contributed by atoms with Gasteiger partial charge in [0.2, 0.25) is 0 Å². The molecule has 5 nitrogen and oxygen atoms in total. The monoisotopic (exact) mass is 226 g/mol. The van der Waals surface area contributed by atoms with E-state index in [4.69, 9.17) is 10.6 Å². The smallest absolute Gasteiger partial charge is 0.0540 e. The first kappa shape index (κ1) is 13.2. The Balaban J connectivity index is 2.77. The van der Waals surface area contributed by atoms with E-state index in [9.17, 15) is 0 Å². The Morgan fingerprint density at radius 2 is 2.31 bits per heavy atom. The van der Waals surface area contributed by atoms with E-state index >= 15 is 0 Å². The second-order valence-corrected chi connectivity index (χ2v) is 4.21. The molecule has 0 saturated heterocycles. The molecule has 0 saturated carbocycles. The van der Waals surface area contributed by atoms with Gasteiger partial charge in [-0.3, -0.25) is 16.0 Å². The number of hydrogen-bond acceptors (Lipinski definition) is 4. The Morgan fingerprint density at radius 3 is 2.75 bits per heavy atom. The van der Waals surface area contributed by atoms with Crippen molar-refractivity contribution >= 4 is 0 Å². The molecule has 0 spiro atoms. The number of aromatic nitrogens is 2. The SMILES string of the molecule is COCCC(C)C(NN)c1cnn(C)c1C. The summed E-state index contributed by atoms with van der Waals surface area (Å²) in [5.74, 6) is 6.04. The van der Waals surface area contributed by atoms with Gasteiger partial charge in [0.05, 0.1) is 12.2 Å². The van der Waals surface area contributed by atoms with Crippen LogP contribution in [0.3, 0.4) is 0 Å². The highest BCUT2D eigenvalue weighted by Crippen LogP contribution is 2.25. The summed E-state index contributed by atoms with van der Waals surface area (Å²) >= 11 is 0. The maximum Gasteiger partial charge on any atom is 0.0540 e. The third kappa shape index (κ3) is 2.81. The minimum atomic E-state index is 0.129. The van der Waals surface area contributed by atoms with Gasteiger partial charge < -0.3 is 4.74 Å². The summed E-state index contributed by atoms with van der Waals surface area (Å²) in [6, 6.07) is 0.129. The van der Waals surface area contributed by atoms with Gasteiger partial charge in [-0.25, -0.2) is 0 Å². The number of nitrogens with two attached hydrogens (primary N) is 1. The van der Waals surface area contributed by atoms with E-state index in [-0.39, 0.29) is 6.04 Å². The van der Waals surface area contributed by atoms with E-state index < -0.39 is 0 Å².